The molecule has 0 fully saturated rings. The van der Waals surface area contributed by atoms with Crippen LogP contribution in [0.4, 0.5) is 11.5 Å². The minimum Gasteiger partial charge on any atom is -0.370 e. The minimum absolute atomic E-state index is 0.0362. The standard InChI is InChI=1S/C11H11N3O2S/c1-2-12-10-6-5-8(14(15)16)11(13-10)9-4-3-7-17-9/h3-7H,2H2,1H3,(H,12,13). The van der Waals surface area contributed by atoms with Gasteiger partial charge in [0, 0.05) is 12.6 Å². The van der Waals surface area contributed by atoms with Crippen LogP contribution in [0.3, 0.4) is 0 Å². The summed E-state index contributed by atoms with van der Waals surface area (Å²) in [7, 11) is 0. The Kier molecular flexibility index (Phi) is 3.34. The summed E-state index contributed by atoms with van der Waals surface area (Å²) in [6.45, 7) is 2.68. The fourth-order valence-corrected chi connectivity index (χ4v) is 2.20. The summed E-state index contributed by atoms with van der Waals surface area (Å²) in [5, 5.41) is 15.9. The molecule has 6 heteroatoms. The SMILES string of the molecule is CCNc1ccc([N+](=O)[O-])c(-c2cccs2)n1. The van der Waals surface area contributed by atoms with Gasteiger partial charge < -0.3 is 5.32 Å². The van der Waals surface area contributed by atoms with Crippen molar-refractivity contribution >= 4 is 22.8 Å². The Morgan fingerprint density at radius 3 is 2.88 bits per heavy atom. The summed E-state index contributed by atoms with van der Waals surface area (Å²) < 4.78 is 0. The topological polar surface area (TPSA) is 68.1 Å². The molecule has 0 saturated carbocycles. The number of anilines is 1. The van der Waals surface area contributed by atoms with Gasteiger partial charge in [-0.15, -0.1) is 11.3 Å². The number of nitrogens with one attached hydrogen (secondary N) is 1. The van der Waals surface area contributed by atoms with E-state index in [9.17, 15) is 10.1 Å². The first-order valence-corrected chi connectivity index (χ1v) is 6.03. The number of nitrogens with zero attached hydrogens (tertiary/aromatic N) is 2. The fraction of sp³-hybridized carbons (Fsp3) is 0.182. The van der Waals surface area contributed by atoms with E-state index in [4.69, 9.17) is 0 Å². The lowest BCUT2D eigenvalue weighted by atomic mass is 10.2. The largest absolute Gasteiger partial charge is 0.370 e. The molecule has 0 radical (unpaired) electrons. The highest BCUT2D eigenvalue weighted by Gasteiger charge is 2.18. The Labute approximate surface area is 102 Å². The number of nitro groups is 1. The predicted molar refractivity (Wildman–Crippen MR) is 68.4 cm³/mol. The monoisotopic (exact) mass is 249 g/mol. The van der Waals surface area contributed by atoms with E-state index in [1.54, 1.807) is 6.07 Å². The zero-order chi connectivity index (χ0) is 12.3. The van der Waals surface area contributed by atoms with Crippen LogP contribution in [0.2, 0.25) is 0 Å². The number of pyridine rings is 1. The van der Waals surface area contributed by atoms with E-state index in [1.807, 2.05) is 24.4 Å². The molecule has 0 saturated heterocycles. The van der Waals surface area contributed by atoms with Gasteiger partial charge in [-0.2, -0.15) is 0 Å². The van der Waals surface area contributed by atoms with Crippen molar-refractivity contribution in [2.45, 2.75) is 6.92 Å². The molecule has 0 aliphatic carbocycles. The molecule has 5 nitrogen and oxygen atoms in total. The Balaban J connectivity index is 2.52. The quantitative estimate of drug-likeness (QED) is 0.667. The molecule has 2 heterocycles. The summed E-state index contributed by atoms with van der Waals surface area (Å²) in [5.74, 6) is 0.654. The molecular formula is C11H11N3O2S. The summed E-state index contributed by atoms with van der Waals surface area (Å²) in [4.78, 5) is 15.6. The second-order valence-electron chi connectivity index (χ2n) is 3.33. The van der Waals surface area contributed by atoms with E-state index in [2.05, 4.69) is 10.3 Å². The van der Waals surface area contributed by atoms with Crippen molar-refractivity contribution in [2.24, 2.45) is 0 Å². The first-order chi connectivity index (χ1) is 8.22. The third kappa shape index (κ3) is 2.42. The maximum Gasteiger partial charge on any atom is 0.296 e. The van der Waals surface area contributed by atoms with E-state index < -0.39 is 4.92 Å². The summed E-state index contributed by atoms with van der Waals surface area (Å²) in [6, 6.07) is 6.79. The molecule has 17 heavy (non-hydrogen) atoms. The van der Waals surface area contributed by atoms with Gasteiger partial charge in [-0.25, -0.2) is 4.98 Å². The lowest BCUT2D eigenvalue weighted by molar-refractivity contribution is -0.384. The van der Waals surface area contributed by atoms with Crippen LogP contribution in [0.15, 0.2) is 29.6 Å². The highest BCUT2D eigenvalue weighted by Crippen LogP contribution is 2.32. The van der Waals surface area contributed by atoms with Crippen molar-refractivity contribution in [1.82, 2.24) is 4.98 Å². The zero-order valence-corrected chi connectivity index (χ0v) is 10.0. The highest BCUT2D eigenvalue weighted by molar-refractivity contribution is 7.13. The van der Waals surface area contributed by atoms with Gasteiger partial charge in [-0.1, -0.05) is 6.07 Å². The molecule has 0 amide bonds. The van der Waals surface area contributed by atoms with Gasteiger partial charge in [0.25, 0.3) is 5.69 Å². The molecule has 0 spiro atoms. The lowest BCUT2D eigenvalue weighted by Gasteiger charge is -2.04. The Bertz CT molecular complexity index is 526. The average Bonchev–Trinajstić information content (AvgIpc) is 2.82. The van der Waals surface area contributed by atoms with Crippen LogP contribution in [0.1, 0.15) is 6.92 Å². The van der Waals surface area contributed by atoms with Gasteiger partial charge in [0.05, 0.1) is 9.80 Å². The first-order valence-electron chi connectivity index (χ1n) is 5.15. The van der Waals surface area contributed by atoms with Crippen LogP contribution < -0.4 is 5.32 Å². The average molecular weight is 249 g/mol. The van der Waals surface area contributed by atoms with Crippen LogP contribution in [0.25, 0.3) is 10.6 Å². The molecule has 0 atom stereocenters. The minimum atomic E-state index is -0.405. The zero-order valence-electron chi connectivity index (χ0n) is 9.21. The van der Waals surface area contributed by atoms with Crippen LogP contribution >= 0.6 is 11.3 Å². The van der Waals surface area contributed by atoms with Gasteiger partial charge in [0.2, 0.25) is 0 Å². The van der Waals surface area contributed by atoms with E-state index in [-0.39, 0.29) is 5.69 Å². The summed E-state index contributed by atoms with van der Waals surface area (Å²) in [5.41, 5.74) is 0.456. The summed E-state index contributed by atoms with van der Waals surface area (Å²) >= 11 is 1.44. The van der Waals surface area contributed by atoms with Crippen molar-refractivity contribution in [3.8, 4) is 10.6 Å². The third-order valence-electron chi connectivity index (χ3n) is 2.18. The van der Waals surface area contributed by atoms with Crippen LogP contribution in [-0.2, 0) is 0 Å². The molecule has 2 aromatic rings. The van der Waals surface area contributed by atoms with Crippen molar-refractivity contribution in [1.29, 1.82) is 0 Å². The predicted octanol–water partition coefficient (Wildman–Crippen LogP) is 3.15. The van der Waals surface area contributed by atoms with Gasteiger partial charge >= 0.3 is 0 Å². The van der Waals surface area contributed by atoms with Crippen LogP contribution in [0.5, 0.6) is 0 Å². The second kappa shape index (κ2) is 4.92. The molecule has 0 bridgehead atoms. The number of hydrogen-bond acceptors (Lipinski definition) is 5. The molecule has 0 aliphatic rings. The number of rotatable bonds is 4. The second-order valence-corrected chi connectivity index (χ2v) is 4.28. The highest BCUT2D eigenvalue weighted by atomic mass is 32.1. The molecule has 0 aliphatic heterocycles. The van der Waals surface area contributed by atoms with E-state index >= 15 is 0 Å². The normalized spacial score (nSPS) is 10.2. The van der Waals surface area contributed by atoms with E-state index in [0.717, 1.165) is 11.4 Å². The van der Waals surface area contributed by atoms with Crippen molar-refractivity contribution < 1.29 is 4.92 Å². The molecule has 2 aromatic heterocycles. The third-order valence-corrected chi connectivity index (χ3v) is 3.06. The lowest BCUT2D eigenvalue weighted by Crippen LogP contribution is -2.01. The van der Waals surface area contributed by atoms with Gasteiger partial charge in [-0.3, -0.25) is 10.1 Å². The van der Waals surface area contributed by atoms with Crippen LogP contribution in [-0.4, -0.2) is 16.5 Å². The smallest absolute Gasteiger partial charge is 0.296 e. The van der Waals surface area contributed by atoms with E-state index in [0.29, 0.717) is 11.5 Å². The molecular weight excluding hydrogens is 238 g/mol. The van der Waals surface area contributed by atoms with Gasteiger partial charge in [-0.05, 0) is 24.4 Å². The molecule has 1 N–H and O–H groups in total. The van der Waals surface area contributed by atoms with Crippen molar-refractivity contribution in [2.75, 3.05) is 11.9 Å². The van der Waals surface area contributed by atoms with Crippen molar-refractivity contribution in [3.05, 3.63) is 39.8 Å². The fourth-order valence-electron chi connectivity index (χ4n) is 1.47. The van der Waals surface area contributed by atoms with Gasteiger partial charge in [0.1, 0.15) is 5.82 Å². The number of aromatic nitrogens is 1. The number of hydrogen-bond donors (Lipinski definition) is 1. The molecule has 88 valence electrons. The molecule has 2 rings (SSSR count). The van der Waals surface area contributed by atoms with Gasteiger partial charge in [0.15, 0.2) is 5.69 Å². The first kappa shape index (κ1) is 11.5. The maximum atomic E-state index is 10.9. The Morgan fingerprint density at radius 1 is 1.47 bits per heavy atom. The van der Waals surface area contributed by atoms with Crippen molar-refractivity contribution in [3.63, 3.8) is 0 Å². The molecule has 0 unspecified atom stereocenters. The number of thiophene rings is 1. The summed E-state index contributed by atoms with van der Waals surface area (Å²) in [6.07, 6.45) is 0. The van der Waals surface area contributed by atoms with Crippen LogP contribution in [0, 0.1) is 10.1 Å². The Morgan fingerprint density at radius 2 is 2.29 bits per heavy atom. The Hall–Kier alpha value is -1.95. The molecule has 0 aromatic carbocycles. The van der Waals surface area contributed by atoms with E-state index in [1.165, 1.54) is 17.4 Å². The maximum absolute atomic E-state index is 10.9.